The van der Waals surface area contributed by atoms with Gasteiger partial charge in [0.1, 0.15) is 10.1 Å². The van der Waals surface area contributed by atoms with Gasteiger partial charge in [-0.2, -0.15) is 0 Å². The highest BCUT2D eigenvalue weighted by atomic mass is 32.2. The van der Waals surface area contributed by atoms with Gasteiger partial charge in [-0.05, 0) is 51.2 Å². The lowest BCUT2D eigenvalue weighted by atomic mass is 9.96. The van der Waals surface area contributed by atoms with Gasteiger partial charge in [-0.15, -0.1) is 0 Å². The zero-order valence-corrected chi connectivity index (χ0v) is 18.7. The maximum Gasteiger partial charge on any atom is 0.124 e. The predicted molar refractivity (Wildman–Crippen MR) is 115 cm³/mol. The predicted octanol–water partition coefficient (Wildman–Crippen LogP) is 4.02. The summed E-state index contributed by atoms with van der Waals surface area (Å²) in [6.45, 7) is 6.53. The number of aliphatic imine (C=N–C) groups is 2. The standard InChI is InChI=1S/C15H28N3.C7H8O3S/c1-18(11-6-3-7-12-18)13-10-16-14-17-15-8-4-2-5-9-15;1-6-2-4-7(5-3-6)11(8,9)10/h15H,2-13H2,1H3;2-5H,1H3,(H,8,9,10)/q+1;/p-1. The molecule has 6 nitrogen and oxygen atoms in total. The topological polar surface area (TPSA) is 81.9 Å². The van der Waals surface area contributed by atoms with Crippen LogP contribution in [0.2, 0.25) is 0 Å². The lowest BCUT2D eigenvalue weighted by molar-refractivity contribution is -0.912. The van der Waals surface area contributed by atoms with E-state index in [0.717, 1.165) is 18.7 Å². The summed E-state index contributed by atoms with van der Waals surface area (Å²) < 4.78 is 32.4. The SMILES string of the molecule is C[N+]1(CCN=C=NC2CCCCC2)CCCCC1.Cc1ccc(S(=O)(=O)[O-])cc1. The molecule has 0 N–H and O–H groups in total. The molecule has 3 rings (SSSR count). The second-order valence-electron chi connectivity index (χ2n) is 8.52. The van der Waals surface area contributed by atoms with Crippen molar-refractivity contribution >= 4 is 16.1 Å². The van der Waals surface area contributed by atoms with Crippen LogP contribution < -0.4 is 0 Å². The third-order valence-electron chi connectivity index (χ3n) is 5.84. The molecule has 7 heteroatoms. The molecule has 0 unspecified atom stereocenters. The van der Waals surface area contributed by atoms with Crippen molar-refractivity contribution in [2.45, 2.75) is 69.2 Å². The van der Waals surface area contributed by atoms with E-state index >= 15 is 0 Å². The van der Waals surface area contributed by atoms with Gasteiger partial charge in [0.2, 0.25) is 0 Å². The molecule has 2 fully saturated rings. The molecule has 0 atom stereocenters. The van der Waals surface area contributed by atoms with E-state index in [0.29, 0.717) is 6.04 Å². The van der Waals surface area contributed by atoms with Gasteiger partial charge in [0.15, 0.2) is 0 Å². The Morgan fingerprint density at radius 1 is 1.03 bits per heavy atom. The molecule has 0 amide bonds. The van der Waals surface area contributed by atoms with Crippen LogP contribution in [-0.4, -0.2) is 62.7 Å². The van der Waals surface area contributed by atoms with Gasteiger partial charge in [0.05, 0.1) is 50.2 Å². The molecular weight excluding hydrogens is 386 g/mol. The van der Waals surface area contributed by atoms with Crippen molar-refractivity contribution in [3.8, 4) is 0 Å². The number of quaternary nitrogens is 1. The number of benzene rings is 1. The Balaban J connectivity index is 0.000000234. The van der Waals surface area contributed by atoms with E-state index < -0.39 is 10.1 Å². The van der Waals surface area contributed by atoms with Crippen LogP contribution in [0.5, 0.6) is 0 Å². The molecule has 1 saturated heterocycles. The summed E-state index contributed by atoms with van der Waals surface area (Å²) in [5, 5.41) is 0. The summed E-state index contributed by atoms with van der Waals surface area (Å²) in [6, 6.07) is 9.25. The van der Waals surface area contributed by atoms with Crippen LogP contribution in [0.4, 0.5) is 0 Å². The molecule has 29 heavy (non-hydrogen) atoms. The number of hydrogen-bond donors (Lipinski definition) is 0. The zero-order chi connectivity index (χ0) is 21.2. The number of likely N-dealkylation sites (N-methyl/N-ethyl adjacent to an activating group) is 1. The minimum Gasteiger partial charge on any atom is -0.744 e. The monoisotopic (exact) mass is 421 g/mol. The molecule has 1 aromatic rings. The zero-order valence-electron chi connectivity index (χ0n) is 17.8. The minimum absolute atomic E-state index is 0.178. The fraction of sp³-hybridized carbons (Fsp3) is 0.682. The fourth-order valence-electron chi connectivity index (χ4n) is 3.88. The first-order chi connectivity index (χ1) is 13.8. The van der Waals surface area contributed by atoms with E-state index in [4.69, 9.17) is 0 Å². The summed E-state index contributed by atoms with van der Waals surface area (Å²) in [5.74, 6) is 0. The second kappa shape index (κ2) is 11.6. The first-order valence-corrected chi connectivity index (χ1v) is 12.2. The van der Waals surface area contributed by atoms with Gasteiger partial charge in [-0.1, -0.05) is 37.0 Å². The van der Waals surface area contributed by atoms with Crippen LogP contribution in [0.1, 0.15) is 56.9 Å². The third kappa shape index (κ3) is 9.22. The van der Waals surface area contributed by atoms with Crippen molar-refractivity contribution in [2.24, 2.45) is 9.98 Å². The van der Waals surface area contributed by atoms with E-state index in [2.05, 4.69) is 23.0 Å². The molecule has 162 valence electrons. The lowest BCUT2D eigenvalue weighted by Gasteiger charge is -2.37. The Labute approximate surface area is 176 Å². The number of aryl methyl sites for hydroxylation is 1. The molecule has 1 aliphatic heterocycles. The Morgan fingerprint density at radius 3 is 2.21 bits per heavy atom. The number of rotatable bonds is 5. The quantitative estimate of drug-likeness (QED) is 0.409. The Kier molecular flexibility index (Phi) is 9.50. The normalized spacial score (nSPS) is 19.4. The van der Waals surface area contributed by atoms with Crippen LogP contribution in [-0.2, 0) is 10.1 Å². The first-order valence-electron chi connectivity index (χ1n) is 10.8. The number of piperidine rings is 1. The van der Waals surface area contributed by atoms with Crippen molar-refractivity contribution in [1.29, 1.82) is 0 Å². The molecule has 0 spiro atoms. The minimum atomic E-state index is -4.27. The highest BCUT2D eigenvalue weighted by Crippen LogP contribution is 2.19. The summed E-state index contributed by atoms with van der Waals surface area (Å²) >= 11 is 0. The van der Waals surface area contributed by atoms with Crippen LogP contribution in [0.15, 0.2) is 39.1 Å². The van der Waals surface area contributed by atoms with Gasteiger partial charge in [0.25, 0.3) is 0 Å². The molecule has 1 heterocycles. The Morgan fingerprint density at radius 2 is 1.62 bits per heavy atom. The maximum atomic E-state index is 10.4. The van der Waals surface area contributed by atoms with Crippen LogP contribution in [0.3, 0.4) is 0 Å². The molecule has 0 bridgehead atoms. The number of likely N-dealkylation sites (tertiary alicyclic amines) is 1. The molecule has 1 saturated carbocycles. The van der Waals surface area contributed by atoms with Crippen molar-refractivity contribution in [1.82, 2.24) is 0 Å². The lowest BCUT2D eigenvalue weighted by Crippen LogP contribution is -2.49. The van der Waals surface area contributed by atoms with Crippen molar-refractivity contribution in [3.63, 3.8) is 0 Å². The average molecular weight is 422 g/mol. The molecule has 1 aromatic carbocycles. The fourth-order valence-corrected chi connectivity index (χ4v) is 4.35. The first kappa shape index (κ1) is 23.7. The van der Waals surface area contributed by atoms with E-state index in [1.165, 1.54) is 81.1 Å². The van der Waals surface area contributed by atoms with Crippen LogP contribution in [0.25, 0.3) is 0 Å². The summed E-state index contributed by atoms with van der Waals surface area (Å²) in [4.78, 5) is 8.66. The van der Waals surface area contributed by atoms with Gasteiger partial charge in [-0.25, -0.2) is 18.4 Å². The Hall–Kier alpha value is -1.53. The molecule has 0 aromatic heterocycles. The largest absolute Gasteiger partial charge is 0.744 e. The number of hydrogen-bond acceptors (Lipinski definition) is 5. The van der Waals surface area contributed by atoms with Gasteiger partial charge in [0, 0.05) is 0 Å². The van der Waals surface area contributed by atoms with E-state index in [-0.39, 0.29) is 4.90 Å². The van der Waals surface area contributed by atoms with Crippen molar-refractivity contribution in [2.75, 3.05) is 33.2 Å². The average Bonchev–Trinajstić information content (AvgIpc) is 2.69. The van der Waals surface area contributed by atoms with Gasteiger partial charge < -0.3 is 9.04 Å². The van der Waals surface area contributed by atoms with Gasteiger partial charge in [-0.3, -0.25) is 0 Å². The smallest absolute Gasteiger partial charge is 0.124 e. The van der Waals surface area contributed by atoms with Gasteiger partial charge >= 0.3 is 0 Å². The molecule has 2 aliphatic rings. The van der Waals surface area contributed by atoms with E-state index in [1.807, 2.05) is 6.92 Å². The summed E-state index contributed by atoms with van der Waals surface area (Å²) in [7, 11) is -1.90. The second-order valence-corrected chi connectivity index (χ2v) is 9.90. The summed E-state index contributed by atoms with van der Waals surface area (Å²) in [5.41, 5.74) is 0.928. The highest BCUT2D eigenvalue weighted by Gasteiger charge is 2.23. The maximum absolute atomic E-state index is 10.4. The highest BCUT2D eigenvalue weighted by molar-refractivity contribution is 7.85. The van der Waals surface area contributed by atoms with Crippen LogP contribution in [0, 0.1) is 6.92 Å². The number of nitrogens with zero attached hydrogens (tertiary/aromatic N) is 3. The van der Waals surface area contributed by atoms with Crippen molar-refractivity contribution in [3.05, 3.63) is 29.8 Å². The van der Waals surface area contributed by atoms with Crippen molar-refractivity contribution < 1.29 is 17.5 Å². The van der Waals surface area contributed by atoms with E-state index in [1.54, 1.807) is 12.1 Å². The molecular formula is C22H35N3O3S. The molecule has 1 aliphatic carbocycles. The summed E-state index contributed by atoms with van der Waals surface area (Å²) in [6.07, 6.45) is 10.7. The Bertz CT molecular complexity index is 772. The van der Waals surface area contributed by atoms with Crippen LogP contribution >= 0.6 is 0 Å². The molecule has 0 radical (unpaired) electrons. The van der Waals surface area contributed by atoms with E-state index in [9.17, 15) is 13.0 Å². The third-order valence-corrected chi connectivity index (χ3v) is 6.69.